The third-order valence-electron chi connectivity index (χ3n) is 2.73. The molecule has 0 amide bonds. The number of nitrogens with zero attached hydrogens (tertiary/aromatic N) is 2. The van der Waals surface area contributed by atoms with Crippen molar-refractivity contribution in [2.75, 3.05) is 11.9 Å². The van der Waals surface area contributed by atoms with Crippen LogP contribution in [0.3, 0.4) is 0 Å². The Morgan fingerprint density at radius 3 is 2.90 bits per heavy atom. The van der Waals surface area contributed by atoms with Crippen LogP contribution in [0.4, 0.5) is 11.4 Å². The molecule has 0 atom stereocenters. The second-order valence-electron chi connectivity index (χ2n) is 4.51. The van der Waals surface area contributed by atoms with Gasteiger partial charge < -0.3 is 14.5 Å². The van der Waals surface area contributed by atoms with Gasteiger partial charge in [0, 0.05) is 17.8 Å². The average molecular weight is 291 g/mol. The second-order valence-corrected chi connectivity index (χ2v) is 4.51. The highest BCUT2D eigenvalue weighted by Gasteiger charge is 2.15. The molecule has 0 aliphatic heterocycles. The summed E-state index contributed by atoms with van der Waals surface area (Å²) in [7, 11) is 0. The molecule has 1 aromatic heterocycles. The molecular formula is C14H17N3O4. The number of nitro benzene ring substituents is 1. The predicted octanol–water partition coefficient (Wildman–Crippen LogP) is 3.29. The molecule has 1 N–H and O–H groups in total. The first-order chi connectivity index (χ1) is 10.1. The van der Waals surface area contributed by atoms with Crippen LogP contribution < -0.4 is 10.1 Å². The molecule has 0 radical (unpaired) electrons. The zero-order valence-electron chi connectivity index (χ0n) is 12.0. The van der Waals surface area contributed by atoms with Gasteiger partial charge >= 0.3 is 5.69 Å². The summed E-state index contributed by atoms with van der Waals surface area (Å²) in [5.74, 6) is 1.56. The van der Waals surface area contributed by atoms with Gasteiger partial charge in [-0.3, -0.25) is 10.1 Å². The van der Waals surface area contributed by atoms with E-state index in [1.54, 1.807) is 18.3 Å². The number of aryl methyl sites for hydroxylation is 1. The lowest BCUT2D eigenvalue weighted by Gasteiger charge is -2.09. The maximum atomic E-state index is 11.0. The molecule has 0 unspecified atom stereocenters. The van der Waals surface area contributed by atoms with Crippen LogP contribution in [0.5, 0.6) is 5.75 Å². The van der Waals surface area contributed by atoms with Gasteiger partial charge in [0.2, 0.25) is 5.89 Å². The molecule has 0 saturated heterocycles. The smallest absolute Gasteiger partial charge is 0.311 e. The number of rotatable bonds is 7. The molecule has 21 heavy (non-hydrogen) atoms. The Kier molecular flexibility index (Phi) is 4.76. The van der Waals surface area contributed by atoms with Crippen molar-refractivity contribution in [2.24, 2.45) is 0 Å². The van der Waals surface area contributed by atoms with Crippen molar-refractivity contribution >= 4 is 11.4 Å². The van der Waals surface area contributed by atoms with Crippen molar-refractivity contribution < 1.29 is 14.1 Å². The Morgan fingerprint density at radius 1 is 1.48 bits per heavy atom. The van der Waals surface area contributed by atoms with Gasteiger partial charge in [-0.25, -0.2) is 4.98 Å². The number of aromatic nitrogens is 1. The average Bonchev–Trinajstić information content (AvgIpc) is 2.88. The molecular weight excluding hydrogens is 274 g/mol. The molecule has 7 nitrogen and oxygen atoms in total. The van der Waals surface area contributed by atoms with Gasteiger partial charge in [-0.2, -0.15) is 0 Å². The number of benzene rings is 1. The van der Waals surface area contributed by atoms with E-state index >= 15 is 0 Å². The van der Waals surface area contributed by atoms with Crippen molar-refractivity contribution in [2.45, 2.75) is 26.8 Å². The molecule has 0 fully saturated rings. The van der Waals surface area contributed by atoms with Crippen molar-refractivity contribution in [3.63, 3.8) is 0 Å². The fourth-order valence-corrected chi connectivity index (χ4v) is 1.76. The quantitative estimate of drug-likeness (QED) is 0.621. The van der Waals surface area contributed by atoms with E-state index in [1.807, 2.05) is 13.8 Å². The van der Waals surface area contributed by atoms with Crippen LogP contribution in [0, 0.1) is 17.0 Å². The first-order valence-electron chi connectivity index (χ1n) is 6.66. The second kappa shape index (κ2) is 6.74. The third kappa shape index (κ3) is 3.95. The van der Waals surface area contributed by atoms with Crippen LogP contribution in [-0.4, -0.2) is 16.5 Å². The number of oxazole rings is 1. The Morgan fingerprint density at radius 2 is 2.29 bits per heavy atom. The van der Waals surface area contributed by atoms with Gasteiger partial charge in [0.05, 0.1) is 24.3 Å². The Labute approximate surface area is 122 Å². The zero-order chi connectivity index (χ0) is 15.2. The molecule has 0 bridgehead atoms. The minimum atomic E-state index is -0.452. The van der Waals surface area contributed by atoms with E-state index in [-0.39, 0.29) is 11.4 Å². The fraction of sp³-hybridized carbons (Fsp3) is 0.357. The van der Waals surface area contributed by atoms with E-state index in [0.29, 0.717) is 24.7 Å². The number of hydrogen-bond donors (Lipinski definition) is 1. The van der Waals surface area contributed by atoms with Gasteiger partial charge in [-0.05, 0) is 19.4 Å². The number of nitro groups is 1. The maximum Gasteiger partial charge on any atom is 0.311 e. The standard InChI is InChI=1S/C14H17N3O4/c1-3-6-20-13-7-11(4-5-12(13)17(18)19)15-9-14-16-8-10(2)21-14/h4-5,7-8,15H,3,6,9H2,1-2H3. The molecule has 112 valence electrons. The van der Waals surface area contributed by atoms with Crippen molar-refractivity contribution in [1.82, 2.24) is 4.98 Å². The summed E-state index contributed by atoms with van der Waals surface area (Å²) in [6, 6.07) is 4.67. The molecule has 2 rings (SSSR count). The lowest BCUT2D eigenvalue weighted by molar-refractivity contribution is -0.385. The van der Waals surface area contributed by atoms with Gasteiger partial charge in [0.25, 0.3) is 0 Å². The molecule has 0 aliphatic carbocycles. The van der Waals surface area contributed by atoms with Crippen LogP contribution in [0.1, 0.15) is 25.0 Å². The summed E-state index contributed by atoms with van der Waals surface area (Å²) in [4.78, 5) is 14.6. The van der Waals surface area contributed by atoms with E-state index in [1.165, 1.54) is 6.07 Å². The minimum Gasteiger partial charge on any atom is -0.487 e. The lowest BCUT2D eigenvalue weighted by Crippen LogP contribution is -2.03. The summed E-state index contributed by atoms with van der Waals surface area (Å²) in [6.07, 6.45) is 2.42. The van der Waals surface area contributed by atoms with Crippen LogP contribution in [0.25, 0.3) is 0 Å². The molecule has 1 heterocycles. The predicted molar refractivity (Wildman–Crippen MR) is 77.4 cm³/mol. The summed E-state index contributed by atoms with van der Waals surface area (Å²) < 4.78 is 10.8. The molecule has 0 saturated carbocycles. The van der Waals surface area contributed by atoms with E-state index < -0.39 is 4.92 Å². The number of hydrogen-bond acceptors (Lipinski definition) is 6. The van der Waals surface area contributed by atoms with Gasteiger partial charge in [-0.15, -0.1) is 0 Å². The van der Waals surface area contributed by atoms with Crippen molar-refractivity contribution in [3.8, 4) is 5.75 Å². The van der Waals surface area contributed by atoms with Crippen molar-refractivity contribution in [3.05, 3.63) is 46.2 Å². The first-order valence-corrected chi connectivity index (χ1v) is 6.66. The number of anilines is 1. The van der Waals surface area contributed by atoms with E-state index in [4.69, 9.17) is 9.15 Å². The largest absolute Gasteiger partial charge is 0.487 e. The van der Waals surface area contributed by atoms with E-state index in [9.17, 15) is 10.1 Å². The maximum absolute atomic E-state index is 11.0. The van der Waals surface area contributed by atoms with Crippen LogP contribution in [0.2, 0.25) is 0 Å². The van der Waals surface area contributed by atoms with E-state index in [0.717, 1.165) is 12.2 Å². The van der Waals surface area contributed by atoms with Crippen LogP contribution >= 0.6 is 0 Å². The molecule has 0 aliphatic rings. The van der Waals surface area contributed by atoms with E-state index in [2.05, 4.69) is 10.3 Å². The molecule has 2 aromatic rings. The normalized spacial score (nSPS) is 10.4. The molecule has 1 aromatic carbocycles. The van der Waals surface area contributed by atoms with Crippen LogP contribution in [0.15, 0.2) is 28.8 Å². The SMILES string of the molecule is CCCOc1cc(NCc2ncc(C)o2)ccc1[N+](=O)[O-]. The van der Waals surface area contributed by atoms with Crippen LogP contribution in [-0.2, 0) is 6.54 Å². The van der Waals surface area contributed by atoms with Gasteiger partial charge in [0.1, 0.15) is 5.76 Å². The third-order valence-corrected chi connectivity index (χ3v) is 2.73. The highest BCUT2D eigenvalue weighted by Crippen LogP contribution is 2.30. The lowest BCUT2D eigenvalue weighted by atomic mass is 10.2. The molecule has 0 spiro atoms. The summed E-state index contributed by atoms with van der Waals surface area (Å²) in [5, 5.41) is 14.1. The van der Waals surface area contributed by atoms with Gasteiger partial charge in [0.15, 0.2) is 5.75 Å². The minimum absolute atomic E-state index is 0.0408. The first kappa shape index (κ1) is 14.8. The fourth-order valence-electron chi connectivity index (χ4n) is 1.76. The Bertz CT molecular complexity index is 624. The Hall–Kier alpha value is -2.57. The monoisotopic (exact) mass is 291 g/mol. The summed E-state index contributed by atoms with van der Waals surface area (Å²) >= 11 is 0. The highest BCUT2D eigenvalue weighted by molar-refractivity contribution is 5.57. The summed E-state index contributed by atoms with van der Waals surface area (Å²) in [6.45, 7) is 4.60. The zero-order valence-corrected chi connectivity index (χ0v) is 12.0. The highest BCUT2D eigenvalue weighted by atomic mass is 16.6. The number of nitrogens with one attached hydrogen (secondary N) is 1. The van der Waals surface area contributed by atoms with Gasteiger partial charge in [-0.1, -0.05) is 6.92 Å². The van der Waals surface area contributed by atoms with Crippen molar-refractivity contribution in [1.29, 1.82) is 0 Å². The Balaban J connectivity index is 2.10. The topological polar surface area (TPSA) is 90.4 Å². The number of ether oxygens (including phenoxy) is 1. The molecule has 7 heteroatoms. The summed E-state index contributed by atoms with van der Waals surface area (Å²) in [5.41, 5.74) is 0.670.